The topological polar surface area (TPSA) is 95.1 Å². The van der Waals surface area contributed by atoms with E-state index in [1.807, 2.05) is 0 Å². The van der Waals surface area contributed by atoms with Crippen molar-refractivity contribution < 1.29 is 13.5 Å². The molecule has 2 aromatic carbocycles. The third-order valence-corrected chi connectivity index (χ3v) is 6.51. The standard InChI is InChI=1S/C26H26F2N6O3/c1-32-25(35)22-24(34(26(32)36)16-17-5-10-20(27)21(28)15-17)31-30-23(29-22)18-6-8-19(9-7-18)37-14-13-33-11-3-2-4-12-33/h5-10,15H,2-4,11-14,16H2,1H3. The third kappa shape index (κ3) is 5.26. The molecule has 1 saturated heterocycles. The molecule has 11 heteroatoms. The molecule has 9 nitrogen and oxygen atoms in total. The summed E-state index contributed by atoms with van der Waals surface area (Å²) >= 11 is 0. The molecule has 0 radical (unpaired) electrons. The van der Waals surface area contributed by atoms with Crippen molar-refractivity contribution in [1.29, 1.82) is 0 Å². The van der Waals surface area contributed by atoms with Crippen molar-refractivity contribution in [2.45, 2.75) is 25.8 Å². The van der Waals surface area contributed by atoms with Crippen molar-refractivity contribution in [3.05, 3.63) is 80.5 Å². The van der Waals surface area contributed by atoms with E-state index in [0.717, 1.165) is 40.9 Å². The Balaban J connectivity index is 1.39. The number of fused-ring (bicyclic) bond motifs is 1. The number of ether oxygens (including phenoxy) is 1. The van der Waals surface area contributed by atoms with Crippen LogP contribution in [0.4, 0.5) is 8.78 Å². The summed E-state index contributed by atoms with van der Waals surface area (Å²) in [5.41, 5.74) is -0.454. The van der Waals surface area contributed by atoms with Gasteiger partial charge >= 0.3 is 5.69 Å². The summed E-state index contributed by atoms with van der Waals surface area (Å²) in [5, 5.41) is 8.24. The maximum Gasteiger partial charge on any atom is 0.332 e. The van der Waals surface area contributed by atoms with Crippen LogP contribution in [0, 0.1) is 11.6 Å². The first-order chi connectivity index (χ1) is 17.9. The van der Waals surface area contributed by atoms with Crippen LogP contribution in [-0.4, -0.2) is 55.5 Å². The molecule has 0 unspecified atom stereocenters. The molecule has 0 bridgehead atoms. The lowest BCUT2D eigenvalue weighted by Gasteiger charge is -2.26. The van der Waals surface area contributed by atoms with Gasteiger partial charge in [0.25, 0.3) is 5.56 Å². The normalized spacial score (nSPS) is 14.2. The van der Waals surface area contributed by atoms with Crippen molar-refractivity contribution in [2.75, 3.05) is 26.2 Å². The molecule has 4 aromatic rings. The first-order valence-corrected chi connectivity index (χ1v) is 12.1. The van der Waals surface area contributed by atoms with E-state index in [1.165, 1.54) is 32.4 Å². The SMILES string of the molecule is Cn1c(=O)c2nc(-c3ccc(OCCN4CCCCC4)cc3)nnc2n(Cc2ccc(F)c(F)c2)c1=O. The first kappa shape index (κ1) is 24.7. The van der Waals surface area contributed by atoms with Crippen LogP contribution >= 0.6 is 0 Å². The van der Waals surface area contributed by atoms with Gasteiger partial charge in [0.1, 0.15) is 12.4 Å². The smallest absolute Gasteiger partial charge is 0.332 e. The van der Waals surface area contributed by atoms with Crippen LogP contribution in [0.15, 0.2) is 52.1 Å². The van der Waals surface area contributed by atoms with Gasteiger partial charge in [0.2, 0.25) is 0 Å². The minimum Gasteiger partial charge on any atom is -0.492 e. The maximum absolute atomic E-state index is 13.7. The van der Waals surface area contributed by atoms with Gasteiger partial charge in [-0.2, -0.15) is 0 Å². The Hall–Kier alpha value is -3.99. The van der Waals surface area contributed by atoms with Crippen LogP contribution in [0.3, 0.4) is 0 Å². The fourth-order valence-corrected chi connectivity index (χ4v) is 4.42. The molecular formula is C26H26F2N6O3. The molecule has 0 atom stereocenters. The summed E-state index contributed by atoms with van der Waals surface area (Å²) < 4.78 is 34.9. The predicted octanol–water partition coefficient (Wildman–Crippen LogP) is 2.74. The van der Waals surface area contributed by atoms with Crippen molar-refractivity contribution in [2.24, 2.45) is 7.05 Å². The fourth-order valence-electron chi connectivity index (χ4n) is 4.42. The molecule has 0 aliphatic carbocycles. The van der Waals surface area contributed by atoms with Crippen molar-refractivity contribution in [3.63, 3.8) is 0 Å². The van der Waals surface area contributed by atoms with Gasteiger partial charge in [-0.15, -0.1) is 10.2 Å². The van der Waals surface area contributed by atoms with Gasteiger partial charge in [-0.05, 0) is 67.9 Å². The van der Waals surface area contributed by atoms with E-state index in [4.69, 9.17) is 4.74 Å². The minimum atomic E-state index is -1.04. The van der Waals surface area contributed by atoms with E-state index in [9.17, 15) is 18.4 Å². The molecule has 2 aromatic heterocycles. The summed E-state index contributed by atoms with van der Waals surface area (Å²) in [6, 6.07) is 10.5. The van der Waals surface area contributed by atoms with Gasteiger partial charge in [0.15, 0.2) is 28.6 Å². The number of hydrogen-bond acceptors (Lipinski definition) is 7. The average molecular weight is 509 g/mol. The van der Waals surface area contributed by atoms with Crippen LogP contribution in [0.25, 0.3) is 22.6 Å². The predicted molar refractivity (Wildman–Crippen MR) is 134 cm³/mol. The van der Waals surface area contributed by atoms with Gasteiger partial charge in [-0.3, -0.25) is 18.8 Å². The monoisotopic (exact) mass is 508 g/mol. The number of nitrogens with zero attached hydrogens (tertiary/aromatic N) is 6. The molecule has 37 heavy (non-hydrogen) atoms. The molecule has 1 aliphatic heterocycles. The minimum absolute atomic E-state index is 0.0424. The lowest BCUT2D eigenvalue weighted by Crippen LogP contribution is -2.39. The van der Waals surface area contributed by atoms with Crippen molar-refractivity contribution in [3.8, 4) is 17.1 Å². The molecule has 5 rings (SSSR count). The summed E-state index contributed by atoms with van der Waals surface area (Å²) in [6.07, 6.45) is 3.76. The lowest BCUT2D eigenvalue weighted by atomic mass is 10.1. The Morgan fingerprint density at radius 2 is 1.70 bits per heavy atom. The van der Waals surface area contributed by atoms with E-state index < -0.39 is 22.9 Å². The quantitative estimate of drug-likeness (QED) is 0.379. The highest BCUT2D eigenvalue weighted by molar-refractivity contribution is 5.71. The number of piperidine rings is 1. The average Bonchev–Trinajstić information content (AvgIpc) is 2.92. The van der Waals surface area contributed by atoms with E-state index >= 15 is 0 Å². The van der Waals surface area contributed by atoms with Gasteiger partial charge < -0.3 is 4.74 Å². The largest absolute Gasteiger partial charge is 0.492 e. The number of benzene rings is 2. The second-order valence-corrected chi connectivity index (χ2v) is 9.06. The Kier molecular flexibility index (Phi) is 7.04. The zero-order valence-electron chi connectivity index (χ0n) is 20.4. The zero-order valence-corrected chi connectivity index (χ0v) is 20.4. The van der Waals surface area contributed by atoms with Gasteiger partial charge in [0.05, 0.1) is 6.54 Å². The summed E-state index contributed by atoms with van der Waals surface area (Å²) in [7, 11) is 1.32. The second-order valence-electron chi connectivity index (χ2n) is 9.06. The fraction of sp³-hybridized carbons (Fsp3) is 0.346. The first-order valence-electron chi connectivity index (χ1n) is 12.1. The van der Waals surface area contributed by atoms with Gasteiger partial charge in [-0.1, -0.05) is 12.5 Å². The molecule has 3 heterocycles. The number of aromatic nitrogens is 5. The summed E-state index contributed by atoms with van der Waals surface area (Å²) in [4.78, 5) is 32.4. The zero-order chi connectivity index (χ0) is 25.9. The molecule has 0 saturated carbocycles. The molecule has 0 spiro atoms. The maximum atomic E-state index is 13.7. The molecular weight excluding hydrogens is 482 g/mol. The number of likely N-dealkylation sites (tertiary alicyclic amines) is 1. The lowest BCUT2D eigenvalue weighted by molar-refractivity contribution is 0.183. The highest BCUT2D eigenvalue weighted by atomic mass is 19.2. The summed E-state index contributed by atoms with van der Waals surface area (Å²) in [6.45, 7) is 3.57. The van der Waals surface area contributed by atoms with Crippen molar-refractivity contribution >= 4 is 11.2 Å². The van der Waals surface area contributed by atoms with Crippen molar-refractivity contribution in [1.82, 2.24) is 29.2 Å². The van der Waals surface area contributed by atoms with E-state index in [2.05, 4.69) is 20.1 Å². The molecule has 1 aliphatic rings. The van der Waals surface area contributed by atoms with Crippen LogP contribution in [-0.2, 0) is 13.6 Å². The van der Waals surface area contributed by atoms with E-state index in [1.54, 1.807) is 24.3 Å². The van der Waals surface area contributed by atoms with E-state index in [0.29, 0.717) is 23.5 Å². The Labute approximate surface area is 211 Å². The molecule has 192 valence electrons. The molecule has 0 amide bonds. The number of rotatable bonds is 7. The van der Waals surface area contributed by atoms with Crippen LogP contribution < -0.4 is 16.0 Å². The van der Waals surface area contributed by atoms with Gasteiger partial charge in [0, 0.05) is 19.2 Å². The van der Waals surface area contributed by atoms with E-state index in [-0.39, 0.29) is 23.5 Å². The summed E-state index contributed by atoms with van der Waals surface area (Å²) in [5.74, 6) is -1.11. The van der Waals surface area contributed by atoms with Crippen LogP contribution in [0.1, 0.15) is 24.8 Å². The number of halogens is 2. The van der Waals surface area contributed by atoms with Gasteiger partial charge in [-0.25, -0.2) is 18.6 Å². The second kappa shape index (κ2) is 10.6. The Morgan fingerprint density at radius 3 is 2.43 bits per heavy atom. The van der Waals surface area contributed by atoms with Crippen LogP contribution in [0.5, 0.6) is 5.75 Å². The Morgan fingerprint density at radius 1 is 0.946 bits per heavy atom. The number of hydrogen-bond donors (Lipinski definition) is 0. The molecule has 0 N–H and O–H groups in total. The highest BCUT2D eigenvalue weighted by Gasteiger charge is 2.17. The van der Waals surface area contributed by atoms with Crippen LogP contribution in [0.2, 0.25) is 0 Å². The third-order valence-electron chi connectivity index (χ3n) is 6.51. The Bertz CT molecular complexity index is 1550. The molecule has 1 fully saturated rings. The highest BCUT2D eigenvalue weighted by Crippen LogP contribution is 2.20.